The molecule has 0 aliphatic heterocycles. The highest BCUT2D eigenvalue weighted by Gasteiger charge is 2.26. The molecule has 4 aromatic carbocycles. The zero-order chi connectivity index (χ0) is 14.9. The molecule has 0 heterocycles. The van der Waals surface area contributed by atoms with E-state index >= 15 is 0 Å². The fourth-order valence-corrected chi connectivity index (χ4v) is 3.79. The van der Waals surface area contributed by atoms with E-state index in [1.165, 1.54) is 33.0 Å². The lowest BCUT2D eigenvalue weighted by molar-refractivity contribution is -0.116. The van der Waals surface area contributed by atoms with Crippen molar-refractivity contribution in [2.75, 3.05) is 0 Å². The van der Waals surface area contributed by atoms with Gasteiger partial charge in [-0.25, -0.2) is 0 Å². The van der Waals surface area contributed by atoms with Crippen LogP contribution >= 0.6 is 0 Å². The van der Waals surface area contributed by atoms with Gasteiger partial charge in [-0.1, -0.05) is 54.6 Å². The molecule has 0 unspecified atom stereocenters. The van der Waals surface area contributed by atoms with Crippen LogP contribution in [0.15, 0.2) is 54.6 Å². The van der Waals surface area contributed by atoms with Gasteiger partial charge >= 0.3 is 0 Å². The average molecular weight is 286 g/mol. The molecular formula is C20H14O2. The van der Waals surface area contributed by atoms with Crippen molar-refractivity contribution >= 4 is 38.4 Å². The first-order valence-electron chi connectivity index (χ1n) is 7.46. The van der Waals surface area contributed by atoms with Gasteiger partial charge in [0, 0.05) is 6.42 Å². The number of hydrogen-bond donors (Lipinski definition) is 2. The van der Waals surface area contributed by atoms with E-state index in [-0.39, 0.29) is 6.42 Å². The van der Waals surface area contributed by atoms with Crippen LogP contribution in [0.3, 0.4) is 0 Å². The molecule has 4 aromatic rings. The molecule has 0 radical (unpaired) electrons. The Labute approximate surface area is 127 Å². The topological polar surface area (TPSA) is 40.5 Å². The Morgan fingerprint density at radius 1 is 0.818 bits per heavy atom. The van der Waals surface area contributed by atoms with Crippen LogP contribution in [0.1, 0.15) is 11.1 Å². The van der Waals surface area contributed by atoms with Gasteiger partial charge in [-0.3, -0.25) is 0 Å². The fraction of sp³-hybridized carbons (Fsp3) is 0.100. The van der Waals surface area contributed by atoms with E-state index in [0.29, 0.717) is 0 Å². The maximum Gasteiger partial charge on any atom is 0.187 e. The first kappa shape index (κ1) is 12.2. The summed E-state index contributed by atoms with van der Waals surface area (Å²) in [6.45, 7) is 0. The smallest absolute Gasteiger partial charge is 0.187 e. The van der Waals surface area contributed by atoms with Crippen molar-refractivity contribution in [2.24, 2.45) is 0 Å². The molecule has 22 heavy (non-hydrogen) atoms. The Balaban J connectivity index is 2.02. The molecule has 2 nitrogen and oxygen atoms in total. The van der Waals surface area contributed by atoms with Gasteiger partial charge in [-0.15, -0.1) is 0 Å². The quantitative estimate of drug-likeness (QED) is 0.381. The van der Waals surface area contributed by atoms with Crippen LogP contribution in [0.25, 0.3) is 38.4 Å². The lowest BCUT2D eigenvalue weighted by atomic mass is 9.85. The maximum atomic E-state index is 9.89. The van der Waals surface area contributed by atoms with Crippen molar-refractivity contribution in [3.8, 4) is 0 Å². The number of fused-ring (bicyclic) bond motifs is 2. The van der Waals surface area contributed by atoms with E-state index in [9.17, 15) is 10.2 Å². The van der Waals surface area contributed by atoms with Crippen molar-refractivity contribution in [1.29, 1.82) is 0 Å². The summed E-state index contributed by atoms with van der Waals surface area (Å²) >= 11 is 0. The molecule has 1 aliphatic rings. The van der Waals surface area contributed by atoms with Crippen LogP contribution in [0.4, 0.5) is 0 Å². The lowest BCUT2D eigenvalue weighted by Crippen LogP contribution is -2.30. The molecule has 106 valence electrons. The number of rotatable bonds is 0. The van der Waals surface area contributed by atoms with E-state index in [2.05, 4.69) is 48.5 Å². The Hall–Kier alpha value is -2.42. The summed E-state index contributed by atoms with van der Waals surface area (Å²) < 4.78 is 0. The minimum atomic E-state index is -1.74. The second kappa shape index (κ2) is 3.86. The molecule has 2 N–H and O–H groups in total. The van der Waals surface area contributed by atoms with Gasteiger partial charge in [0.2, 0.25) is 0 Å². The number of benzene rings is 4. The SMILES string of the molecule is OC1(O)C=Cc2c(cc3ccc4cccc5ccc2c3c45)C1. The van der Waals surface area contributed by atoms with E-state index in [4.69, 9.17) is 0 Å². The van der Waals surface area contributed by atoms with Crippen molar-refractivity contribution < 1.29 is 10.2 Å². The Bertz CT molecular complexity index is 1060. The van der Waals surface area contributed by atoms with Crippen LogP contribution in [0.2, 0.25) is 0 Å². The average Bonchev–Trinajstić information content (AvgIpc) is 2.51. The minimum absolute atomic E-state index is 0.231. The van der Waals surface area contributed by atoms with Gasteiger partial charge in [0.05, 0.1) is 0 Å². The van der Waals surface area contributed by atoms with E-state index in [1.54, 1.807) is 0 Å². The van der Waals surface area contributed by atoms with Crippen LogP contribution in [0.5, 0.6) is 0 Å². The highest BCUT2D eigenvalue weighted by molar-refractivity contribution is 6.24. The summed E-state index contributed by atoms with van der Waals surface area (Å²) in [4.78, 5) is 0. The van der Waals surface area contributed by atoms with Crippen molar-refractivity contribution in [3.63, 3.8) is 0 Å². The summed E-state index contributed by atoms with van der Waals surface area (Å²) in [5, 5.41) is 27.2. The van der Waals surface area contributed by atoms with Gasteiger partial charge in [0.15, 0.2) is 5.79 Å². The van der Waals surface area contributed by atoms with Gasteiger partial charge < -0.3 is 10.2 Å². The molecule has 2 heteroatoms. The Kier molecular flexibility index (Phi) is 2.13. The lowest BCUT2D eigenvalue weighted by Gasteiger charge is -2.25. The van der Waals surface area contributed by atoms with E-state index in [1.807, 2.05) is 6.08 Å². The molecule has 5 rings (SSSR count). The van der Waals surface area contributed by atoms with E-state index in [0.717, 1.165) is 16.5 Å². The summed E-state index contributed by atoms with van der Waals surface area (Å²) in [7, 11) is 0. The molecule has 0 spiro atoms. The molecule has 0 fully saturated rings. The molecule has 0 atom stereocenters. The fourth-order valence-electron chi connectivity index (χ4n) is 3.79. The molecule has 0 aromatic heterocycles. The zero-order valence-electron chi connectivity index (χ0n) is 11.9. The van der Waals surface area contributed by atoms with Crippen molar-refractivity contribution in [2.45, 2.75) is 12.2 Å². The standard InChI is InChI=1S/C20H14O2/c21-20(22)9-8-16-15(11-20)10-14-5-4-12-2-1-3-13-6-7-17(16)19(14)18(12)13/h1-10,21-22H,11H2. The third-order valence-electron chi connectivity index (χ3n) is 4.74. The normalized spacial score (nSPS) is 16.6. The van der Waals surface area contributed by atoms with Gasteiger partial charge in [-0.05, 0) is 49.5 Å². The van der Waals surface area contributed by atoms with Gasteiger partial charge in [-0.2, -0.15) is 0 Å². The summed E-state index contributed by atoms with van der Waals surface area (Å²) in [6, 6.07) is 17.0. The molecular weight excluding hydrogens is 272 g/mol. The molecule has 0 bridgehead atoms. The second-order valence-electron chi connectivity index (χ2n) is 6.19. The summed E-state index contributed by atoms with van der Waals surface area (Å²) in [5.74, 6) is -1.74. The third kappa shape index (κ3) is 1.51. The van der Waals surface area contributed by atoms with Gasteiger partial charge in [0.25, 0.3) is 0 Å². The van der Waals surface area contributed by atoms with Gasteiger partial charge in [0.1, 0.15) is 0 Å². The van der Waals surface area contributed by atoms with Crippen molar-refractivity contribution in [1.82, 2.24) is 0 Å². The molecule has 0 saturated carbocycles. The van der Waals surface area contributed by atoms with E-state index < -0.39 is 5.79 Å². The first-order chi connectivity index (χ1) is 10.6. The number of hydrogen-bond acceptors (Lipinski definition) is 2. The predicted molar refractivity (Wildman–Crippen MR) is 90.1 cm³/mol. The largest absolute Gasteiger partial charge is 0.362 e. The third-order valence-corrected chi connectivity index (χ3v) is 4.74. The monoisotopic (exact) mass is 286 g/mol. The first-order valence-corrected chi connectivity index (χ1v) is 7.46. The highest BCUT2D eigenvalue weighted by Crippen LogP contribution is 2.39. The van der Waals surface area contributed by atoms with Crippen LogP contribution in [0, 0.1) is 0 Å². The number of aliphatic hydroxyl groups is 2. The zero-order valence-corrected chi connectivity index (χ0v) is 11.9. The highest BCUT2D eigenvalue weighted by atomic mass is 16.5. The molecule has 0 amide bonds. The summed E-state index contributed by atoms with van der Waals surface area (Å²) in [5.41, 5.74) is 2.09. The molecule has 1 aliphatic carbocycles. The van der Waals surface area contributed by atoms with Crippen LogP contribution in [-0.2, 0) is 6.42 Å². The maximum absolute atomic E-state index is 9.89. The molecule has 0 saturated heterocycles. The second-order valence-corrected chi connectivity index (χ2v) is 6.19. The Morgan fingerprint density at radius 3 is 2.36 bits per heavy atom. The predicted octanol–water partition coefficient (Wildman–Crippen LogP) is 3.83. The van der Waals surface area contributed by atoms with Crippen molar-refractivity contribution in [3.05, 3.63) is 65.7 Å². The summed E-state index contributed by atoms with van der Waals surface area (Å²) in [6.07, 6.45) is 3.55. The Morgan fingerprint density at radius 2 is 1.55 bits per heavy atom. The van der Waals surface area contributed by atoms with Crippen LogP contribution < -0.4 is 0 Å². The van der Waals surface area contributed by atoms with Crippen LogP contribution in [-0.4, -0.2) is 16.0 Å². The minimum Gasteiger partial charge on any atom is -0.362 e.